The highest BCUT2D eigenvalue weighted by atomic mass is 16.6. The second kappa shape index (κ2) is 8.63. The Labute approximate surface area is 163 Å². The molecule has 1 aliphatic rings. The van der Waals surface area contributed by atoms with Gasteiger partial charge in [-0.25, -0.2) is 0 Å². The summed E-state index contributed by atoms with van der Waals surface area (Å²) in [5.74, 6) is 0.598. The third-order valence-electron chi connectivity index (χ3n) is 4.41. The molecule has 0 aliphatic carbocycles. The van der Waals surface area contributed by atoms with Gasteiger partial charge in [0.25, 0.3) is 0 Å². The third-order valence-corrected chi connectivity index (χ3v) is 4.41. The molecule has 1 fully saturated rings. The summed E-state index contributed by atoms with van der Waals surface area (Å²) < 4.78 is 26.6. The van der Waals surface area contributed by atoms with Crippen molar-refractivity contribution in [2.24, 2.45) is 0 Å². The summed E-state index contributed by atoms with van der Waals surface area (Å²) in [6, 6.07) is 11.9. The highest BCUT2D eigenvalue weighted by Gasteiger charge is 2.26. The zero-order chi connectivity index (χ0) is 20.1. The van der Waals surface area contributed by atoms with Crippen LogP contribution in [0.4, 0.5) is 0 Å². The van der Waals surface area contributed by atoms with Crippen molar-refractivity contribution in [3.63, 3.8) is 0 Å². The van der Waals surface area contributed by atoms with Gasteiger partial charge in [-0.15, -0.1) is 0 Å². The fourth-order valence-electron chi connectivity index (χ4n) is 2.77. The first kappa shape index (κ1) is 19.5. The zero-order valence-corrected chi connectivity index (χ0v) is 15.9. The van der Waals surface area contributed by atoms with E-state index in [4.69, 9.17) is 23.7 Å². The Hall–Kier alpha value is -3.24. The number of benzene rings is 2. The number of carbonyl (C=O) groups is 1. The van der Waals surface area contributed by atoms with Crippen LogP contribution >= 0.6 is 0 Å². The fourth-order valence-corrected chi connectivity index (χ4v) is 2.77. The largest absolute Gasteiger partial charge is 0.493 e. The maximum absolute atomic E-state index is 13.0. The molecule has 0 bridgehead atoms. The summed E-state index contributed by atoms with van der Waals surface area (Å²) in [6.07, 6.45) is 0.110. The normalized spacial score (nSPS) is 15.9. The van der Waals surface area contributed by atoms with Gasteiger partial charge >= 0.3 is 0 Å². The number of hydrogen-bond acceptors (Lipinski definition) is 7. The summed E-state index contributed by atoms with van der Waals surface area (Å²) in [4.78, 5) is 13.0. The summed E-state index contributed by atoms with van der Waals surface area (Å²) in [6.45, 7) is 1.12. The first-order valence-corrected chi connectivity index (χ1v) is 8.69. The number of epoxide rings is 1. The molecule has 1 aliphatic heterocycles. The summed E-state index contributed by atoms with van der Waals surface area (Å²) >= 11 is 0. The van der Waals surface area contributed by atoms with Gasteiger partial charge in [-0.2, -0.15) is 5.26 Å². The molecule has 7 nitrogen and oxygen atoms in total. The molecular formula is C21H21NO6. The van der Waals surface area contributed by atoms with Crippen molar-refractivity contribution in [3.05, 3.63) is 47.5 Å². The van der Waals surface area contributed by atoms with E-state index in [-0.39, 0.29) is 11.9 Å². The number of rotatable bonds is 9. The Balaban J connectivity index is 1.85. The van der Waals surface area contributed by atoms with Gasteiger partial charge in [-0.3, -0.25) is 4.79 Å². The van der Waals surface area contributed by atoms with E-state index >= 15 is 0 Å². The Morgan fingerprint density at radius 2 is 1.71 bits per heavy atom. The van der Waals surface area contributed by atoms with Crippen LogP contribution in [0.5, 0.6) is 23.0 Å². The molecular weight excluding hydrogens is 362 g/mol. The summed E-state index contributed by atoms with van der Waals surface area (Å²) in [5.41, 5.74) is 0.878. The van der Waals surface area contributed by atoms with Crippen LogP contribution in [-0.4, -0.2) is 46.4 Å². The minimum absolute atomic E-state index is 0.110. The van der Waals surface area contributed by atoms with E-state index in [9.17, 15) is 10.1 Å². The van der Waals surface area contributed by atoms with Crippen molar-refractivity contribution < 1.29 is 28.5 Å². The van der Waals surface area contributed by atoms with E-state index in [2.05, 4.69) is 6.07 Å². The molecule has 0 saturated carbocycles. The van der Waals surface area contributed by atoms with Crippen molar-refractivity contribution in [2.45, 2.75) is 12.0 Å². The monoisotopic (exact) mass is 383 g/mol. The Morgan fingerprint density at radius 3 is 2.32 bits per heavy atom. The molecule has 2 aromatic rings. The molecule has 2 unspecified atom stereocenters. The summed E-state index contributed by atoms with van der Waals surface area (Å²) in [5, 5.41) is 9.62. The number of carbonyl (C=O) groups excluding carboxylic acids is 1. The van der Waals surface area contributed by atoms with Gasteiger partial charge in [0.05, 0.1) is 34.0 Å². The molecule has 7 heteroatoms. The topological polar surface area (TPSA) is 90.3 Å². The molecule has 3 rings (SSSR count). The maximum atomic E-state index is 13.0. The molecule has 0 radical (unpaired) electrons. The predicted octanol–water partition coefficient (Wildman–Crippen LogP) is 2.98. The lowest BCUT2D eigenvalue weighted by Crippen LogP contribution is -2.12. The number of nitrogens with zero attached hydrogens (tertiary/aromatic N) is 1. The third kappa shape index (κ3) is 4.18. The molecule has 0 amide bonds. The molecule has 28 heavy (non-hydrogen) atoms. The van der Waals surface area contributed by atoms with Crippen molar-refractivity contribution >= 4 is 5.78 Å². The van der Waals surface area contributed by atoms with Crippen LogP contribution in [0, 0.1) is 11.3 Å². The standard InChI is InChI=1S/C21H21NO6/c1-24-17-6-4-13(8-19(17)25-2)16(10-22)21(23)14-5-7-18(20(9-14)26-3)28-12-15-11-27-15/h4-9,15-16H,11-12H2,1-3H3. The second-order valence-electron chi connectivity index (χ2n) is 6.17. The van der Waals surface area contributed by atoms with E-state index in [1.54, 1.807) is 36.4 Å². The molecule has 2 aromatic carbocycles. The average Bonchev–Trinajstić information content (AvgIpc) is 3.56. The fraction of sp³-hybridized carbons (Fsp3) is 0.333. The van der Waals surface area contributed by atoms with E-state index in [1.807, 2.05) is 0 Å². The number of hydrogen-bond donors (Lipinski definition) is 0. The number of ketones is 1. The van der Waals surface area contributed by atoms with Gasteiger partial charge in [-0.1, -0.05) is 6.07 Å². The first-order chi connectivity index (χ1) is 13.6. The van der Waals surface area contributed by atoms with Crippen LogP contribution in [0.3, 0.4) is 0 Å². The van der Waals surface area contributed by atoms with Crippen LogP contribution < -0.4 is 18.9 Å². The van der Waals surface area contributed by atoms with Gasteiger partial charge in [0, 0.05) is 5.56 Å². The van der Waals surface area contributed by atoms with Crippen molar-refractivity contribution in [2.75, 3.05) is 34.5 Å². The van der Waals surface area contributed by atoms with Crippen LogP contribution in [-0.2, 0) is 4.74 Å². The SMILES string of the molecule is COc1ccc(C(C#N)C(=O)c2ccc(OCC3CO3)c(OC)c2)cc1OC. The summed E-state index contributed by atoms with van der Waals surface area (Å²) in [7, 11) is 4.52. The highest BCUT2D eigenvalue weighted by molar-refractivity contribution is 6.03. The smallest absolute Gasteiger partial charge is 0.184 e. The van der Waals surface area contributed by atoms with Crippen LogP contribution in [0.2, 0.25) is 0 Å². The highest BCUT2D eigenvalue weighted by Crippen LogP contribution is 2.34. The minimum Gasteiger partial charge on any atom is -0.493 e. The minimum atomic E-state index is -0.990. The van der Waals surface area contributed by atoms with Crippen molar-refractivity contribution in [1.82, 2.24) is 0 Å². The maximum Gasteiger partial charge on any atom is 0.184 e. The lowest BCUT2D eigenvalue weighted by atomic mass is 9.91. The van der Waals surface area contributed by atoms with Crippen LogP contribution in [0.1, 0.15) is 21.8 Å². The quantitative estimate of drug-likeness (QED) is 0.486. The molecule has 1 saturated heterocycles. The van der Waals surface area contributed by atoms with Gasteiger partial charge in [-0.05, 0) is 35.9 Å². The molecule has 1 heterocycles. The van der Waals surface area contributed by atoms with E-state index in [0.717, 1.165) is 0 Å². The lowest BCUT2D eigenvalue weighted by molar-refractivity contribution is 0.0978. The van der Waals surface area contributed by atoms with Gasteiger partial charge in [0.2, 0.25) is 0 Å². The van der Waals surface area contributed by atoms with Gasteiger partial charge in [0.1, 0.15) is 18.6 Å². The zero-order valence-electron chi connectivity index (χ0n) is 15.9. The van der Waals surface area contributed by atoms with Crippen LogP contribution in [0.25, 0.3) is 0 Å². The Kier molecular flexibility index (Phi) is 6.02. The Morgan fingerprint density at radius 1 is 1.07 bits per heavy atom. The van der Waals surface area contributed by atoms with Crippen molar-refractivity contribution in [1.29, 1.82) is 5.26 Å². The van der Waals surface area contributed by atoms with Crippen LogP contribution in [0.15, 0.2) is 36.4 Å². The average molecular weight is 383 g/mol. The molecule has 146 valence electrons. The van der Waals surface area contributed by atoms with E-state index in [0.29, 0.717) is 47.3 Å². The molecule has 0 N–H and O–H groups in total. The number of nitriles is 1. The number of Topliss-reactive ketones (excluding diaryl/α,β-unsaturated/α-hetero) is 1. The molecule has 0 aromatic heterocycles. The molecule has 2 atom stereocenters. The second-order valence-corrected chi connectivity index (χ2v) is 6.17. The lowest BCUT2D eigenvalue weighted by Gasteiger charge is -2.14. The molecule has 0 spiro atoms. The van der Waals surface area contributed by atoms with Gasteiger partial charge in [0.15, 0.2) is 28.8 Å². The number of ether oxygens (including phenoxy) is 5. The Bertz CT molecular complexity index is 900. The van der Waals surface area contributed by atoms with Gasteiger partial charge < -0.3 is 23.7 Å². The van der Waals surface area contributed by atoms with Crippen molar-refractivity contribution in [3.8, 4) is 29.1 Å². The predicted molar refractivity (Wildman–Crippen MR) is 100 cm³/mol. The van der Waals surface area contributed by atoms with E-state index < -0.39 is 5.92 Å². The van der Waals surface area contributed by atoms with E-state index in [1.165, 1.54) is 21.3 Å². The number of methoxy groups -OCH3 is 3. The first-order valence-electron chi connectivity index (χ1n) is 8.69.